The van der Waals surface area contributed by atoms with E-state index in [-0.39, 0.29) is 12.3 Å². The zero-order valence-electron chi connectivity index (χ0n) is 14.3. The van der Waals surface area contributed by atoms with Gasteiger partial charge in [0.05, 0.1) is 41.3 Å². The summed E-state index contributed by atoms with van der Waals surface area (Å²) >= 11 is 11.9. The molecule has 134 valence electrons. The van der Waals surface area contributed by atoms with Crippen LogP contribution in [0.4, 0.5) is 5.69 Å². The Balaban J connectivity index is 1.79. The molecule has 3 aromatic rings. The summed E-state index contributed by atoms with van der Waals surface area (Å²) in [5, 5.41) is 3.78. The highest BCUT2D eigenvalue weighted by molar-refractivity contribution is 6.42. The first-order valence-electron chi connectivity index (χ1n) is 7.89. The van der Waals surface area contributed by atoms with Crippen molar-refractivity contribution in [1.29, 1.82) is 0 Å². The van der Waals surface area contributed by atoms with Crippen LogP contribution >= 0.6 is 23.2 Å². The lowest BCUT2D eigenvalue weighted by atomic mass is 10.1. The molecule has 3 rings (SSSR count). The number of amides is 1. The number of aromatic nitrogens is 2. The zero-order valence-corrected chi connectivity index (χ0v) is 15.8. The molecule has 0 saturated carbocycles. The van der Waals surface area contributed by atoms with Gasteiger partial charge in [-0.2, -0.15) is 0 Å². The van der Waals surface area contributed by atoms with Gasteiger partial charge in [-0.1, -0.05) is 29.3 Å². The Morgan fingerprint density at radius 2 is 2.00 bits per heavy atom. The average Bonchev–Trinajstić information content (AvgIpc) is 3.04. The van der Waals surface area contributed by atoms with Crippen LogP contribution in [-0.2, 0) is 11.2 Å². The van der Waals surface area contributed by atoms with Crippen molar-refractivity contribution in [1.82, 2.24) is 9.55 Å². The molecule has 5 nitrogen and oxygen atoms in total. The summed E-state index contributed by atoms with van der Waals surface area (Å²) in [7, 11) is 1.60. The SMILES string of the molecule is COc1ccc(NC(=O)Cc2ccc(Cl)c(Cl)c2)cc1-n1cnc(C)c1. The van der Waals surface area contributed by atoms with E-state index in [1.54, 1.807) is 43.8 Å². The van der Waals surface area contributed by atoms with Crippen molar-refractivity contribution in [3.05, 3.63) is 70.2 Å². The maximum absolute atomic E-state index is 12.3. The summed E-state index contributed by atoms with van der Waals surface area (Å²) in [5.74, 6) is 0.534. The third kappa shape index (κ3) is 4.18. The minimum atomic E-state index is -0.152. The van der Waals surface area contributed by atoms with Crippen LogP contribution in [0.1, 0.15) is 11.3 Å². The number of ether oxygens (including phenoxy) is 1. The summed E-state index contributed by atoms with van der Waals surface area (Å²) in [6.45, 7) is 1.91. The van der Waals surface area contributed by atoms with Crippen molar-refractivity contribution in [3.8, 4) is 11.4 Å². The first-order valence-corrected chi connectivity index (χ1v) is 8.64. The number of anilines is 1. The van der Waals surface area contributed by atoms with Gasteiger partial charge in [-0.15, -0.1) is 0 Å². The van der Waals surface area contributed by atoms with Crippen LogP contribution in [-0.4, -0.2) is 22.6 Å². The molecule has 0 spiro atoms. The summed E-state index contributed by atoms with van der Waals surface area (Å²) in [5.41, 5.74) is 3.13. The lowest BCUT2D eigenvalue weighted by Gasteiger charge is -2.12. The molecular weight excluding hydrogens is 373 g/mol. The Labute approximate surface area is 161 Å². The Morgan fingerprint density at radius 1 is 1.19 bits per heavy atom. The lowest BCUT2D eigenvalue weighted by Crippen LogP contribution is -2.14. The Hall–Kier alpha value is -2.50. The summed E-state index contributed by atoms with van der Waals surface area (Å²) in [6, 6.07) is 10.6. The number of methoxy groups -OCH3 is 1. The second kappa shape index (κ2) is 7.81. The smallest absolute Gasteiger partial charge is 0.228 e. The van der Waals surface area contributed by atoms with E-state index >= 15 is 0 Å². The van der Waals surface area contributed by atoms with Crippen molar-refractivity contribution in [2.45, 2.75) is 13.3 Å². The first kappa shape index (κ1) is 18.3. The van der Waals surface area contributed by atoms with E-state index in [1.165, 1.54) is 0 Å². The fourth-order valence-corrected chi connectivity index (χ4v) is 2.88. The highest BCUT2D eigenvalue weighted by atomic mass is 35.5. The van der Waals surface area contributed by atoms with E-state index < -0.39 is 0 Å². The number of rotatable bonds is 5. The molecule has 0 atom stereocenters. The highest BCUT2D eigenvalue weighted by Gasteiger charge is 2.10. The molecule has 1 N–H and O–H groups in total. The minimum Gasteiger partial charge on any atom is -0.495 e. The zero-order chi connectivity index (χ0) is 18.7. The van der Waals surface area contributed by atoms with Gasteiger partial charge in [-0.05, 0) is 42.8 Å². The van der Waals surface area contributed by atoms with E-state index in [4.69, 9.17) is 27.9 Å². The number of nitrogens with one attached hydrogen (secondary N) is 1. The first-order chi connectivity index (χ1) is 12.5. The molecule has 1 amide bonds. The van der Waals surface area contributed by atoms with E-state index in [2.05, 4.69) is 10.3 Å². The van der Waals surface area contributed by atoms with Crippen molar-refractivity contribution < 1.29 is 9.53 Å². The topological polar surface area (TPSA) is 56.1 Å². The molecular formula is C19H17Cl2N3O2. The molecule has 1 heterocycles. The molecule has 0 fully saturated rings. The van der Waals surface area contributed by atoms with Crippen LogP contribution in [0, 0.1) is 6.92 Å². The van der Waals surface area contributed by atoms with Crippen LogP contribution < -0.4 is 10.1 Å². The molecule has 0 aliphatic rings. The van der Waals surface area contributed by atoms with Gasteiger partial charge in [0.1, 0.15) is 5.75 Å². The number of hydrogen-bond donors (Lipinski definition) is 1. The van der Waals surface area contributed by atoms with Gasteiger partial charge in [0.15, 0.2) is 0 Å². The summed E-state index contributed by atoms with van der Waals surface area (Å²) in [6.07, 6.45) is 3.79. The summed E-state index contributed by atoms with van der Waals surface area (Å²) in [4.78, 5) is 16.6. The molecule has 1 aromatic heterocycles. The molecule has 0 unspecified atom stereocenters. The molecule has 0 aliphatic heterocycles. The highest BCUT2D eigenvalue weighted by Crippen LogP contribution is 2.27. The van der Waals surface area contributed by atoms with Crippen LogP contribution in [0.3, 0.4) is 0 Å². The standard InChI is InChI=1S/C19H17Cl2N3O2/c1-12-10-24(11-22-12)17-9-14(4-6-18(17)26-2)23-19(25)8-13-3-5-15(20)16(21)7-13/h3-7,9-11H,8H2,1-2H3,(H,23,25). The molecule has 26 heavy (non-hydrogen) atoms. The quantitative estimate of drug-likeness (QED) is 0.689. The minimum absolute atomic E-state index is 0.152. The molecule has 0 aliphatic carbocycles. The van der Waals surface area contributed by atoms with Gasteiger partial charge in [0.25, 0.3) is 0 Å². The Kier molecular flexibility index (Phi) is 5.49. The monoisotopic (exact) mass is 389 g/mol. The van der Waals surface area contributed by atoms with Crippen LogP contribution in [0.15, 0.2) is 48.9 Å². The number of imidazole rings is 1. The number of halogens is 2. The Bertz CT molecular complexity index is 954. The van der Waals surface area contributed by atoms with Crippen LogP contribution in [0.25, 0.3) is 5.69 Å². The molecule has 0 bridgehead atoms. The molecule has 0 saturated heterocycles. The van der Waals surface area contributed by atoms with E-state index in [1.807, 2.05) is 23.8 Å². The number of hydrogen-bond acceptors (Lipinski definition) is 3. The maximum atomic E-state index is 12.3. The predicted molar refractivity (Wildman–Crippen MR) is 104 cm³/mol. The largest absolute Gasteiger partial charge is 0.495 e. The number of aryl methyl sites for hydroxylation is 1. The fraction of sp³-hybridized carbons (Fsp3) is 0.158. The maximum Gasteiger partial charge on any atom is 0.228 e. The van der Waals surface area contributed by atoms with Crippen molar-refractivity contribution in [2.75, 3.05) is 12.4 Å². The fourth-order valence-electron chi connectivity index (χ4n) is 2.56. The van der Waals surface area contributed by atoms with Crippen LogP contribution in [0.2, 0.25) is 10.0 Å². The van der Waals surface area contributed by atoms with Crippen LogP contribution in [0.5, 0.6) is 5.75 Å². The van der Waals surface area contributed by atoms with E-state index in [9.17, 15) is 4.79 Å². The Morgan fingerprint density at radius 3 is 2.65 bits per heavy atom. The van der Waals surface area contributed by atoms with E-state index in [0.29, 0.717) is 21.5 Å². The lowest BCUT2D eigenvalue weighted by molar-refractivity contribution is -0.115. The number of benzene rings is 2. The number of nitrogens with zero attached hydrogens (tertiary/aromatic N) is 2. The predicted octanol–water partition coefficient (Wildman–Crippen LogP) is 4.68. The third-order valence-electron chi connectivity index (χ3n) is 3.80. The second-order valence-electron chi connectivity index (χ2n) is 5.78. The summed E-state index contributed by atoms with van der Waals surface area (Å²) < 4.78 is 7.25. The molecule has 7 heteroatoms. The number of carbonyl (C=O) groups is 1. The van der Waals surface area contributed by atoms with Gasteiger partial charge >= 0.3 is 0 Å². The molecule has 0 radical (unpaired) electrons. The van der Waals surface area contributed by atoms with Crippen molar-refractivity contribution >= 4 is 34.8 Å². The van der Waals surface area contributed by atoms with E-state index in [0.717, 1.165) is 16.9 Å². The third-order valence-corrected chi connectivity index (χ3v) is 4.54. The van der Waals surface area contributed by atoms with Gasteiger partial charge in [0.2, 0.25) is 5.91 Å². The number of carbonyl (C=O) groups excluding carboxylic acids is 1. The molecule has 2 aromatic carbocycles. The second-order valence-corrected chi connectivity index (χ2v) is 6.60. The van der Waals surface area contributed by atoms with Gasteiger partial charge in [0, 0.05) is 11.9 Å². The van der Waals surface area contributed by atoms with Gasteiger partial charge < -0.3 is 14.6 Å². The average molecular weight is 390 g/mol. The van der Waals surface area contributed by atoms with Crippen molar-refractivity contribution in [3.63, 3.8) is 0 Å². The normalized spacial score (nSPS) is 10.6. The van der Waals surface area contributed by atoms with Crippen molar-refractivity contribution in [2.24, 2.45) is 0 Å². The van der Waals surface area contributed by atoms with Gasteiger partial charge in [-0.3, -0.25) is 4.79 Å². The van der Waals surface area contributed by atoms with Gasteiger partial charge in [-0.25, -0.2) is 4.98 Å².